The summed E-state index contributed by atoms with van der Waals surface area (Å²) >= 11 is 0. The van der Waals surface area contributed by atoms with E-state index in [1.165, 1.54) is 15.4 Å². The first kappa shape index (κ1) is 23.2. The molecule has 0 spiro atoms. The quantitative estimate of drug-likeness (QED) is 0.548. The fourth-order valence-corrected chi connectivity index (χ4v) is 6.69. The van der Waals surface area contributed by atoms with Crippen molar-refractivity contribution in [1.82, 2.24) is 13.9 Å². The fraction of sp³-hybridized carbons (Fsp3) is 0.310. The number of nitrogens with zero attached hydrogens (tertiary/aromatic N) is 3. The van der Waals surface area contributed by atoms with E-state index >= 15 is 0 Å². The molecule has 37 heavy (non-hydrogen) atoms. The topological polar surface area (TPSA) is 103 Å². The van der Waals surface area contributed by atoms with Crippen molar-refractivity contribution in [1.29, 1.82) is 0 Å². The standard InChI is InChI=1S/C29H27N3O5/c1-16-13-18(9-10-23(16)33)25-20-11-12-30-27(36)31(19-7-5-4-6-8-19)28(37)32(30)22(20)15-21-24(34)14-17(2)26(35)29(21,25)3/h4-11,13-14,21-22,25,33H,12,15H2,1-3H3. The number of phenolic OH excluding ortho intramolecular Hbond substituents is 1. The number of rotatable bonds is 2. The third kappa shape index (κ3) is 3.08. The summed E-state index contributed by atoms with van der Waals surface area (Å²) in [7, 11) is 0. The van der Waals surface area contributed by atoms with E-state index in [4.69, 9.17) is 0 Å². The highest BCUT2D eigenvalue weighted by Gasteiger charge is 2.59. The zero-order valence-corrected chi connectivity index (χ0v) is 20.8. The summed E-state index contributed by atoms with van der Waals surface area (Å²) in [5.41, 5.74) is 1.20. The number of carbonyl (C=O) groups is 2. The van der Waals surface area contributed by atoms with E-state index in [0.717, 1.165) is 15.7 Å². The van der Waals surface area contributed by atoms with Gasteiger partial charge in [0.2, 0.25) is 0 Å². The van der Waals surface area contributed by atoms with Crippen molar-refractivity contribution in [2.45, 2.75) is 45.7 Å². The Morgan fingerprint density at radius 3 is 2.41 bits per heavy atom. The number of hydrogen-bond acceptors (Lipinski definition) is 5. The molecule has 2 heterocycles. The van der Waals surface area contributed by atoms with Gasteiger partial charge in [-0.2, -0.15) is 0 Å². The molecule has 0 bridgehead atoms. The van der Waals surface area contributed by atoms with Crippen LogP contribution in [0, 0.1) is 18.3 Å². The number of Topliss-reactive ketones (excluding diaryl/α,β-unsaturated/α-hetero) is 1. The molecule has 8 nitrogen and oxygen atoms in total. The van der Waals surface area contributed by atoms with E-state index in [9.17, 15) is 24.3 Å². The van der Waals surface area contributed by atoms with Crippen molar-refractivity contribution >= 4 is 11.6 Å². The number of benzene rings is 2. The van der Waals surface area contributed by atoms with Gasteiger partial charge in [0.25, 0.3) is 0 Å². The Morgan fingerprint density at radius 1 is 0.973 bits per heavy atom. The molecule has 6 rings (SSSR count). The first-order chi connectivity index (χ1) is 17.6. The maximum atomic E-state index is 13.8. The Labute approximate surface area is 212 Å². The molecule has 1 aliphatic heterocycles. The molecule has 2 aromatic carbocycles. The molecule has 4 atom stereocenters. The summed E-state index contributed by atoms with van der Waals surface area (Å²) in [6, 6.07) is 13.4. The van der Waals surface area contributed by atoms with Crippen LogP contribution in [0.15, 0.2) is 81.4 Å². The number of hydrogen-bond donors (Lipinski definition) is 1. The number of phenols is 1. The summed E-state index contributed by atoms with van der Waals surface area (Å²) in [6.07, 6.45) is 3.58. The largest absolute Gasteiger partial charge is 0.508 e. The molecule has 1 saturated carbocycles. The van der Waals surface area contributed by atoms with Gasteiger partial charge in [-0.05, 0) is 66.8 Å². The Hall–Kier alpha value is -4.20. The summed E-state index contributed by atoms with van der Waals surface area (Å²) < 4.78 is 4.04. The van der Waals surface area contributed by atoms with E-state index in [2.05, 4.69) is 0 Å². The van der Waals surface area contributed by atoms with Crippen molar-refractivity contribution in [3.8, 4) is 11.4 Å². The maximum Gasteiger partial charge on any atom is 0.352 e. The van der Waals surface area contributed by atoms with Crippen LogP contribution >= 0.6 is 0 Å². The number of para-hydroxylation sites is 1. The first-order valence-electron chi connectivity index (χ1n) is 12.4. The third-order valence-corrected chi connectivity index (χ3v) is 8.47. The average Bonchev–Trinajstić information content (AvgIpc) is 3.14. The van der Waals surface area contributed by atoms with Crippen molar-refractivity contribution < 1.29 is 14.7 Å². The number of aromatic nitrogens is 3. The number of ketones is 2. The van der Waals surface area contributed by atoms with Crippen molar-refractivity contribution in [2.75, 3.05) is 0 Å². The molecule has 8 heteroatoms. The van der Waals surface area contributed by atoms with Gasteiger partial charge in [-0.1, -0.05) is 43.3 Å². The zero-order valence-electron chi connectivity index (χ0n) is 20.8. The van der Waals surface area contributed by atoms with E-state index in [1.807, 2.05) is 25.1 Å². The van der Waals surface area contributed by atoms with Crippen molar-refractivity contribution in [3.63, 3.8) is 0 Å². The molecular formula is C29H27N3O5. The lowest BCUT2D eigenvalue weighted by atomic mass is 9.51. The lowest BCUT2D eigenvalue weighted by Gasteiger charge is -2.52. The predicted octanol–water partition coefficient (Wildman–Crippen LogP) is 3.20. The van der Waals surface area contributed by atoms with Crippen LogP contribution in [0.3, 0.4) is 0 Å². The molecular weight excluding hydrogens is 470 g/mol. The molecule has 0 amide bonds. The second-order valence-electron chi connectivity index (χ2n) is 10.5. The average molecular weight is 498 g/mol. The molecule has 3 aliphatic rings. The third-order valence-electron chi connectivity index (χ3n) is 8.47. The molecule has 4 unspecified atom stereocenters. The zero-order chi connectivity index (χ0) is 26.2. The SMILES string of the molecule is CC1=CC(=O)C2CC3C(=CCn4c(=O)n(-c5ccccc5)c(=O)n43)C(c3ccc(O)c(C)c3)C2(C)C1=O. The predicted molar refractivity (Wildman–Crippen MR) is 137 cm³/mol. The maximum absolute atomic E-state index is 13.8. The molecule has 188 valence electrons. The van der Waals surface area contributed by atoms with E-state index < -0.39 is 34.7 Å². The summed E-state index contributed by atoms with van der Waals surface area (Å²) in [4.78, 5) is 54.3. The van der Waals surface area contributed by atoms with Crippen LogP contribution in [0.2, 0.25) is 0 Å². The number of carbonyl (C=O) groups excluding carboxylic acids is 2. The first-order valence-corrected chi connectivity index (χ1v) is 12.4. The fourth-order valence-electron chi connectivity index (χ4n) is 6.69. The van der Waals surface area contributed by atoms with Gasteiger partial charge in [0.05, 0.1) is 23.7 Å². The lowest BCUT2D eigenvalue weighted by Crippen LogP contribution is -2.54. The van der Waals surface area contributed by atoms with Crippen LogP contribution in [0.1, 0.15) is 43.4 Å². The van der Waals surface area contributed by atoms with Crippen molar-refractivity contribution in [3.05, 3.63) is 104 Å². The van der Waals surface area contributed by atoms with Gasteiger partial charge in [0.15, 0.2) is 11.6 Å². The van der Waals surface area contributed by atoms with Gasteiger partial charge in [-0.25, -0.2) is 23.5 Å². The molecule has 1 N–H and O–H groups in total. The molecule has 3 aromatic rings. The van der Waals surface area contributed by atoms with Crippen LogP contribution in [-0.4, -0.2) is 30.6 Å². The van der Waals surface area contributed by atoms with Gasteiger partial charge < -0.3 is 5.11 Å². The second-order valence-corrected chi connectivity index (χ2v) is 10.5. The van der Waals surface area contributed by atoms with Crippen LogP contribution in [0.5, 0.6) is 5.75 Å². The van der Waals surface area contributed by atoms with Crippen LogP contribution in [0.4, 0.5) is 0 Å². The van der Waals surface area contributed by atoms with Gasteiger partial charge >= 0.3 is 11.4 Å². The molecule has 0 radical (unpaired) electrons. The monoisotopic (exact) mass is 497 g/mol. The van der Waals surface area contributed by atoms with Crippen LogP contribution in [-0.2, 0) is 16.1 Å². The number of fused-ring (bicyclic) bond motifs is 4. The molecule has 0 saturated heterocycles. The Balaban J connectivity index is 1.60. The highest BCUT2D eigenvalue weighted by atomic mass is 16.3. The molecule has 1 aromatic heterocycles. The minimum absolute atomic E-state index is 0.0932. The Kier molecular flexibility index (Phi) is 4.96. The Morgan fingerprint density at radius 2 is 1.70 bits per heavy atom. The van der Waals surface area contributed by atoms with E-state index in [0.29, 0.717) is 16.8 Å². The van der Waals surface area contributed by atoms with Crippen LogP contribution < -0.4 is 11.4 Å². The van der Waals surface area contributed by atoms with E-state index in [1.54, 1.807) is 50.2 Å². The highest BCUT2D eigenvalue weighted by Crippen LogP contribution is 2.59. The van der Waals surface area contributed by atoms with Gasteiger partial charge in [-0.15, -0.1) is 0 Å². The van der Waals surface area contributed by atoms with Gasteiger partial charge in [-0.3, -0.25) is 9.59 Å². The summed E-state index contributed by atoms with van der Waals surface area (Å²) in [5, 5.41) is 10.2. The smallest absolute Gasteiger partial charge is 0.352 e. The number of aryl methyl sites for hydroxylation is 1. The summed E-state index contributed by atoms with van der Waals surface area (Å²) in [5.74, 6) is -1.27. The Bertz CT molecular complexity index is 1670. The van der Waals surface area contributed by atoms with Gasteiger partial charge in [0.1, 0.15) is 5.75 Å². The number of aromatic hydroxyl groups is 1. The van der Waals surface area contributed by atoms with Gasteiger partial charge in [0, 0.05) is 11.8 Å². The number of allylic oxidation sites excluding steroid dienone is 4. The van der Waals surface area contributed by atoms with Crippen molar-refractivity contribution in [2.24, 2.45) is 11.3 Å². The second kappa shape index (κ2) is 7.90. The normalized spacial score (nSPS) is 26.6. The van der Waals surface area contributed by atoms with Crippen LogP contribution in [0.25, 0.3) is 5.69 Å². The molecule has 2 aliphatic carbocycles. The minimum atomic E-state index is -1.06. The molecule has 1 fully saturated rings. The highest BCUT2D eigenvalue weighted by molar-refractivity contribution is 6.13. The minimum Gasteiger partial charge on any atom is -0.508 e. The van der Waals surface area contributed by atoms with E-state index in [-0.39, 0.29) is 30.3 Å². The lowest BCUT2D eigenvalue weighted by molar-refractivity contribution is -0.139. The summed E-state index contributed by atoms with van der Waals surface area (Å²) in [6.45, 7) is 5.47.